The van der Waals surface area contributed by atoms with Gasteiger partial charge in [-0.25, -0.2) is 0 Å². The van der Waals surface area contributed by atoms with Crippen LogP contribution in [0.4, 0.5) is 0 Å². The van der Waals surface area contributed by atoms with Crippen LogP contribution in [0.15, 0.2) is 72.9 Å². The number of nitrogens with one attached hydrogen (secondary N) is 2. The number of rotatable bonds is 10. The predicted molar refractivity (Wildman–Crippen MR) is 176 cm³/mol. The van der Waals surface area contributed by atoms with Crippen molar-refractivity contribution in [3.63, 3.8) is 0 Å². The van der Waals surface area contributed by atoms with E-state index in [9.17, 15) is 29.4 Å². The number of piperidine rings is 1. The number of Topliss-reactive ketones (excluding diaryl/α,β-unsaturated/α-hetero) is 1. The van der Waals surface area contributed by atoms with Gasteiger partial charge < -0.3 is 21.3 Å². The molecular formula is C37H40N4O6. The quantitative estimate of drug-likeness (QED) is 0.168. The minimum Gasteiger partial charge on any atom is -0.507 e. The zero-order valence-electron chi connectivity index (χ0n) is 26.2. The number of imide groups is 1. The predicted octanol–water partition coefficient (Wildman–Crippen LogP) is 2.53. The molecule has 1 saturated heterocycles. The summed E-state index contributed by atoms with van der Waals surface area (Å²) in [6.45, 7) is 1.75. The fourth-order valence-electron chi connectivity index (χ4n) is 8.07. The molecule has 2 bridgehead atoms. The number of phenolic OH excluding ortho intramolecular Hbond substituents is 1. The van der Waals surface area contributed by atoms with Crippen LogP contribution in [0, 0.1) is 0 Å². The van der Waals surface area contributed by atoms with E-state index in [4.69, 9.17) is 5.73 Å². The smallest absolute Gasteiger partial charge is 0.259 e. The molecule has 3 amide bonds. The number of hydrogen-bond acceptors (Lipinski definition) is 8. The van der Waals surface area contributed by atoms with Gasteiger partial charge in [0.2, 0.25) is 6.41 Å². The highest BCUT2D eigenvalue weighted by Gasteiger charge is 2.65. The van der Waals surface area contributed by atoms with Crippen LogP contribution in [0.25, 0.3) is 5.57 Å². The van der Waals surface area contributed by atoms with Gasteiger partial charge in [-0.15, -0.1) is 0 Å². The molecule has 0 unspecified atom stereocenters. The van der Waals surface area contributed by atoms with E-state index < -0.39 is 22.8 Å². The van der Waals surface area contributed by atoms with Crippen molar-refractivity contribution in [3.05, 3.63) is 106 Å². The highest BCUT2D eigenvalue weighted by molar-refractivity contribution is 6.21. The van der Waals surface area contributed by atoms with Gasteiger partial charge in [0.15, 0.2) is 0 Å². The van der Waals surface area contributed by atoms with Gasteiger partial charge in [0, 0.05) is 49.2 Å². The van der Waals surface area contributed by atoms with Crippen molar-refractivity contribution in [1.29, 1.82) is 0 Å². The number of phenols is 1. The number of benzene rings is 3. The highest BCUT2D eigenvalue weighted by atomic mass is 16.3. The molecule has 1 aliphatic heterocycles. The lowest BCUT2D eigenvalue weighted by Crippen LogP contribution is -2.73. The van der Waals surface area contributed by atoms with E-state index in [0.717, 1.165) is 30.3 Å². The summed E-state index contributed by atoms with van der Waals surface area (Å²) in [6.07, 6.45) is 4.59. The highest BCUT2D eigenvalue weighted by Crippen LogP contribution is 2.59. The molecule has 10 nitrogen and oxygen atoms in total. The molecule has 3 aromatic rings. The van der Waals surface area contributed by atoms with Crippen molar-refractivity contribution in [2.24, 2.45) is 5.73 Å². The summed E-state index contributed by atoms with van der Waals surface area (Å²) in [5.41, 5.74) is 7.80. The molecule has 47 heavy (non-hydrogen) atoms. The Morgan fingerprint density at radius 2 is 1.74 bits per heavy atom. The number of aliphatic hydroxyl groups is 1. The third-order valence-electron chi connectivity index (χ3n) is 10.4. The molecule has 0 radical (unpaired) electrons. The lowest BCUT2D eigenvalue weighted by Gasteiger charge is -2.63. The van der Waals surface area contributed by atoms with Crippen LogP contribution in [0.1, 0.15) is 63.9 Å². The zero-order chi connectivity index (χ0) is 33.2. The van der Waals surface area contributed by atoms with Gasteiger partial charge in [-0.1, -0.05) is 60.7 Å². The summed E-state index contributed by atoms with van der Waals surface area (Å²) in [7, 11) is 0. The Morgan fingerprint density at radius 1 is 1.00 bits per heavy atom. The van der Waals surface area contributed by atoms with Crippen molar-refractivity contribution in [3.8, 4) is 5.75 Å². The van der Waals surface area contributed by atoms with Crippen LogP contribution >= 0.6 is 0 Å². The van der Waals surface area contributed by atoms with E-state index >= 15 is 0 Å². The van der Waals surface area contributed by atoms with Gasteiger partial charge in [-0.3, -0.25) is 29.4 Å². The zero-order valence-corrected chi connectivity index (χ0v) is 26.2. The molecule has 3 aromatic carbocycles. The molecule has 10 heteroatoms. The summed E-state index contributed by atoms with van der Waals surface area (Å²) in [5, 5.41) is 29.2. The first-order valence-electron chi connectivity index (χ1n) is 16.1. The van der Waals surface area contributed by atoms with Crippen molar-refractivity contribution in [2.45, 2.75) is 62.0 Å². The van der Waals surface area contributed by atoms with Gasteiger partial charge in [0.1, 0.15) is 11.5 Å². The van der Waals surface area contributed by atoms with E-state index in [1.807, 2.05) is 24.3 Å². The Morgan fingerprint density at radius 3 is 2.47 bits per heavy atom. The second-order valence-corrected chi connectivity index (χ2v) is 12.8. The van der Waals surface area contributed by atoms with Crippen LogP contribution in [0.2, 0.25) is 0 Å². The number of amides is 3. The van der Waals surface area contributed by atoms with Gasteiger partial charge in [0.05, 0.1) is 16.7 Å². The van der Waals surface area contributed by atoms with Crippen LogP contribution in [-0.2, 0) is 39.1 Å². The molecule has 2 aliphatic carbocycles. The fraction of sp³-hybridized carbons (Fsp3) is 0.351. The summed E-state index contributed by atoms with van der Waals surface area (Å²) >= 11 is 0. The van der Waals surface area contributed by atoms with E-state index in [1.54, 1.807) is 30.3 Å². The summed E-state index contributed by atoms with van der Waals surface area (Å²) in [4.78, 5) is 51.4. The number of nitrogens with two attached hydrogens (primary N) is 1. The minimum absolute atomic E-state index is 0.0673. The maximum absolute atomic E-state index is 13.4. The number of nitrogens with zero attached hydrogens (tertiary/aromatic N) is 1. The Bertz CT molecular complexity index is 1720. The maximum Gasteiger partial charge on any atom is 0.259 e. The van der Waals surface area contributed by atoms with E-state index in [-0.39, 0.29) is 41.7 Å². The monoisotopic (exact) mass is 636 g/mol. The number of ketones is 1. The second kappa shape index (κ2) is 13.1. The van der Waals surface area contributed by atoms with Crippen molar-refractivity contribution < 1.29 is 29.4 Å². The number of likely N-dealkylation sites (tertiary alicyclic amines) is 1. The Kier molecular flexibility index (Phi) is 8.98. The van der Waals surface area contributed by atoms with Gasteiger partial charge in [0.25, 0.3) is 11.8 Å². The van der Waals surface area contributed by atoms with Crippen LogP contribution in [-0.4, -0.2) is 70.4 Å². The van der Waals surface area contributed by atoms with Crippen molar-refractivity contribution in [1.82, 2.24) is 15.5 Å². The van der Waals surface area contributed by atoms with Crippen molar-refractivity contribution in [2.75, 3.05) is 19.6 Å². The molecule has 6 rings (SSSR count). The van der Waals surface area contributed by atoms with Gasteiger partial charge in [-0.2, -0.15) is 0 Å². The first-order valence-corrected chi connectivity index (χ1v) is 16.1. The second-order valence-electron chi connectivity index (χ2n) is 12.8. The van der Waals surface area contributed by atoms with E-state index in [2.05, 4.69) is 27.7 Å². The number of carbonyl (C=O) groups excluding carboxylic acids is 4. The average Bonchev–Trinajstić information content (AvgIpc) is 3.06. The van der Waals surface area contributed by atoms with Gasteiger partial charge in [-0.05, 0) is 67.0 Å². The topological polar surface area (TPSA) is 162 Å². The molecular weight excluding hydrogens is 596 g/mol. The van der Waals surface area contributed by atoms with Crippen LogP contribution in [0.3, 0.4) is 0 Å². The molecule has 6 N–H and O–H groups in total. The summed E-state index contributed by atoms with van der Waals surface area (Å²) in [5.74, 6) is -1.13. The molecule has 1 heterocycles. The summed E-state index contributed by atoms with van der Waals surface area (Å²) in [6, 6.07) is 20.6. The SMILES string of the molecule is N/C=C(\C(=O)NC=O)c1ccc(CCNC(=O)c2ccc3c(c2O)[C@]24CCN(CCc5ccccc5)[C@H](C3)[C@]2(O)CCC(=O)C4)cc1. The van der Waals surface area contributed by atoms with Gasteiger partial charge >= 0.3 is 0 Å². The molecule has 0 aromatic heterocycles. The lowest BCUT2D eigenvalue weighted by atomic mass is 9.49. The van der Waals surface area contributed by atoms with E-state index in [0.29, 0.717) is 56.2 Å². The standard InChI is InChI=1S/C37H40N4O6/c38-22-30(35(46)40-23-42)26-8-6-25(7-9-26)13-17-39-34(45)29-11-10-27-20-31-37(47)15-12-28(43)21-36(37,32(27)33(29)44)16-19-41(31)18-14-24-4-2-1-3-5-24/h1-11,22-23,31,44,47H,12-21,38H2,(H,39,45)(H,40,42,46)/b30-22-/t31-,36-,37-/m1/s1. The Hall–Kier alpha value is -4.80. The molecule has 244 valence electrons. The number of carbonyl (C=O) groups is 4. The largest absolute Gasteiger partial charge is 0.507 e. The summed E-state index contributed by atoms with van der Waals surface area (Å²) < 4.78 is 0. The third kappa shape index (κ3) is 5.83. The number of hydrogen-bond donors (Lipinski definition) is 5. The molecule has 2 fully saturated rings. The average molecular weight is 637 g/mol. The van der Waals surface area contributed by atoms with Crippen LogP contribution < -0.4 is 16.4 Å². The molecule has 0 spiro atoms. The molecule has 1 saturated carbocycles. The molecule has 3 atom stereocenters. The number of aromatic hydroxyl groups is 1. The Labute approximate surface area is 273 Å². The number of fused-ring (bicyclic) bond motifs is 1. The molecule has 3 aliphatic rings. The fourth-order valence-corrected chi connectivity index (χ4v) is 8.07. The normalized spacial score (nSPS) is 23.7. The third-order valence-corrected chi connectivity index (χ3v) is 10.4. The lowest BCUT2D eigenvalue weighted by molar-refractivity contribution is -0.172. The Balaban J connectivity index is 1.19. The maximum atomic E-state index is 13.4. The first-order chi connectivity index (χ1) is 22.7. The van der Waals surface area contributed by atoms with E-state index in [1.165, 1.54) is 5.56 Å². The van der Waals surface area contributed by atoms with Crippen molar-refractivity contribution >= 4 is 29.6 Å². The van der Waals surface area contributed by atoms with Crippen LogP contribution in [0.5, 0.6) is 5.75 Å². The minimum atomic E-state index is -1.20. The first kappa shape index (κ1) is 32.2.